The lowest BCUT2D eigenvalue weighted by Crippen LogP contribution is -2.05. The summed E-state index contributed by atoms with van der Waals surface area (Å²) in [5, 5.41) is 0. The molecule has 0 bridgehead atoms. The van der Waals surface area contributed by atoms with Gasteiger partial charge in [-0.15, -0.1) is 0 Å². The molecule has 0 amide bonds. The molecule has 0 aromatic heterocycles. The molecule has 0 fully saturated rings. The van der Waals surface area contributed by atoms with Crippen LogP contribution in [0.5, 0.6) is 0 Å². The second kappa shape index (κ2) is 6.61. The first-order valence-corrected chi connectivity index (χ1v) is 8.06. The SMILES string of the molecule is CCCCc1cc(F)c(C2=Cc3cccc(F)c3CC2)c(F)c1. The molecule has 0 radical (unpaired) electrons. The van der Waals surface area contributed by atoms with E-state index >= 15 is 0 Å². The molecule has 0 atom stereocenters. The minimum Gasteiger partial charge on any atom is -0.207 e. The van der Waals surface area contributed by atoms with Crippen LogP contribution in [0.15, 0.2) is 30.3 Å². The summed E-state index contributed by atoms with van der Waals surface area (Å²) >= 11 is 0. The van der Waals surface area contributed by atoms with E-state index in [9.17, 15) is 13.2 Å². The van der Waals surface area contributed by atoms with Crippen molar-refractivity contribution in [3.8, 4) is 0 Å². The maximum atomic E-state index is 14.4. The molecule has 1 aliphatic carbocycles. The van der Waals surface area contributed by atoms with E-state index in [4.69, 9.17) is 0 Å². The van der Waals surface area contributed by atoms with Crippen LogP contribution in [-0.2, 0) is 12.8 Å². The Balaban J connectivity index is 1.99. The largest absolute Gasteiger partial charge is 0.207 e. The van der Waals surface area contributed by atoms with Crippen LogP contribution in [0.3, 0.4) is 0 Å². The molecule has 0 N–H and O–H groups in total. The van der Waals surface area contributed by atoms with Gasteiger partial charge in [0.2, 0.25) is 0 Å². The van der Waals surface area contributed by atoms with Gasteiger partial charge in [-0.1, -0.05) is 31.6 Å². The third-order valence-corrected chi connectivity index (χ3v) is 4.37. The first kappa shape index (κ1) is 15.9. The lowest BCUT2D eigenvalue weighted by atomic mass is 9.87. The van der Waals surface area contributed by atoms with E-state index in [1.807, 2.05) is 6.92 Å². The summed E-state index contributed by atoms with van der Waals surface area (Å²) in [7, 11) is 0. The fourth-order valence-corrected chi connectivity index (χ4v) is 3.15. The lowest BCUT2D eigenvalue weighted by molar-refractivity contribution is 0.570. The zero-order chi connectivity index (χ0) is 16.4. The van der Waals surface area contributed by atoms with E-state index in [0.717, 1.165) is 12.8 Å². The Kier molecular flexibility index (Phi) is 4.56. The van der Waals surface area contributed by atoms with Crippen molar-refractivity contribution in [3.63, 3.8) is 0 Å². The average Bonchev–Trinajstić information content (AvgIpc) is 2.52. The first-order valence-electron chi connectivity index (χ1n) is 8.06. The van der Waals surface area contributed by atoms with Gasteiger partial charge in [-0.25, -0.2) is 13.2 Å². The second-order valence-electron chi connectivity index (χ2n) is 6.02. The molecular formula is C20H19F3. The van der Waals surface area contributed by atoms with Crippen LogP contribution in [0, 0.1) is 17.5 Å². The molecule has 0 aliphatic heterocycles. The summed E-state index contributed by atoms with van der Waals surface area (Å²) in [5.74, 6) is -1.31. The van der Waals surface area contributed by atoms with E-state index in [-0.39, 0.29) is 11.4 Å². The number of halogens is 3. The van der Waals surface area contributed by atoms with Crippen LogP contribution in [-0.4, -0.2) is 0 Å². The van der Waals surface area contributed by atoms with E-state index in [0.29, 0.717) is 41.5 Å². The standard InChI is InChI=1S/C20H19F3/c1-2-3-5-13-10-18(22)20(19(23)11-13)15-8-9-16-14(12-15)6-4-7-17(16)21/h4,6-7,10-12H,2-3,5,8-9H2,1H3. The van der Waals surface area contributed by atoms with Crippen molar-refractivity contribution < 1.29 is 13.2 Å². The fourth-order valence-electron chi connectivity index (χ4n) is 3.15. The number of unbranched alkanes of at least 4 members (excludes halogenated alkanes) is 1. The Labute approximate surface area is 134 Å². The molecule has 3 rings (SSSR count). The van der Waals surface area contributed by atoms with Crippen molar-refractivity contribution in [2.75, 3.05) is 0 Å². The van der Waals surface area contributed by atoms with Gasteiger partial charge in [0.1, 0.15) is 17.5 Å². The second-order valence-corrected chi connectivity index (χ2v) is 6.02. The van der Waals surface area contributed by atoms with Gasteiger partial charge in [-0.05, 0) is 66.1 Å². The zero-order valence-corrected chi connectivity index (χ0v) is 13.1. The monoisotopic (exact) mass is 316 g/mol. The number of hydrogen-bond acceptors (Lipinski definition) is 0. The Bertz CT molecular complexity index is 736. The highest BCUT2D eigenvalue weighted by molar-refractivity contribution is 5.85. The van der Waals surface area contributed by atoms with Crippen molar-refractivity contribution in [2.45, 2.75) is 39.0 Å². The number of fused-ring (bicyclic) bond motifs is 1. The molecular weight excluding hydrogens is 297 g/mol. The predicted octanol–water partition coefficient (Wildman–Crippen LogP) is 5.93. The molecule has 2 aromatic carbocycles. The summed E-state index contributed by atoms with van der Waals surface area (Å²) in [6, 6.07) is 7.67. The van der Waals surface area contributed by atoms with Gasteiger partial charge in [0.25, 0.3) is 0 Å². The average molecular weight is 316 g/mol. The topological polar surface area (TPSA) is 0 Å². The zero-order valence-electron chi connectivity index (χ0n) is 13.1. The van der Waals surface area contributed by atoms with Crippen LogP contribution in [0.2, 0.25) is 0 Å². The lowest BCUT2D eigenvalue weighted by Gasteiger charge is -2.18. The molecule has 0 spiro atoms. The van der Waals surface area contributed by atoms with E-state index in [2.05, 4.69) is 0 Å². The van der Waals surface area contributed by atoms with Crippen molar-refractivity contribution in [2.24, 2.45) is 0 Å². The van der Waals surface area contributed by atoms with Crippen LogP contribution >= 0.6 is 0 Å². The van der Waals surface area contributed by atoms with Crippen LogP contribution < -0.4 is 0 Å². The summed E-state index contributed by atoms with van der Waals surface area (Å²) in [5.41, 5.74) is 2.64. The molecule has 0 heterocycles. The van der Waals surface area contributed by atoms with Crippen molar-refractivity contribution in [1.29, 1.82) is 0 Å². The number of benzene rings is 2. The molecule has 0 saturated heterocycles. The van der Waals surface area contributed by atoms with Gasteiger partial charge in [0.15, 0.2) is 0 Å². The highest BCUT2D eigenvalue weighted by Crippen LogP contribution is 2.34. The van der Waals surface area contributed by atoms with Gasteiger partial charge < -0.3 is 0 Å². The molecule has 0 unspecified atom stereocenters. The van der Waals surface area contributed by atoms with Crippen LogP contribution in [0.4, 0.5) is 13.2 Å². The summed E-state index contributed by atoms with van der Waals surface area (Å²) in [4.78, 5) is 0. The number of rotatable bonds is 4. The molecule has 1 aliphatic rings. The van der Waals surface area contributed by atoms with E-state index in [1.54, 1.807) is 18.2 Å². The smallest absolute Gasteiger partial charge is 0.133 e. The fraction of sp³-hybridized carbons (Fsp3) is 0.300. The Hall–Kier alpha value is -2.03. The Morgan fingerprint density at radius 2 is 1.70 bits per heavy atom. The first-order chi connectivity index (χ1) is 11.1. The van der Waals surface area contributed by atoms with Gasteiger partial charge in [0, 0.05) is 5.56 Å². The number of hydrogen-bond donors (Lipinski definition) is 0. The van der Waals surface area contributed by atoms with Crippen molar-refractivity contribution in [3.05, 3.63) is 70.0 Å². The molecule has 120 valence electrons. The van der Waals surface area contributed by atoms with Crippen LogP contribution in [0.1, 0.15) is 48.4 Å². The van der Waals surface area contributed by atoms with Gasteiger partial charge in [0.05, 0.1) is 0 Å². The van der Waals surface area contributed by atoms with E-state index in [1.165, 1.54) is 18.2 Å². The third-order valence-electron chi connectivity index (χ3n) is 4.37. The maximum absolute atomic E-state index is 14.4. The van der Waals surface area contributed by atoms with Gasteiger partial charge >= 0.3 is 0 Å². The predicted molar refractivity (Wildman–Crippen MR) is 87.6 cm³/mol. The van der Waals surface area contributed by atoms with Crippen LogP contribution in [0.25, 0.3) is 11.6 Å². The molecule has 0 nitrogen and oxygen atoms in total. The summed E-state index contributed by atoms with van der Waals surface area (Å²) in [6.07, 6.45) is 5.18. The number of allylic oxidation sites excluding steroid dienone is 1. The molecule has 2 aromatic rings. The normalized spacial score (nSPS) is 13.7. The minimum absolute atomic E-state index is 0.0279. The number of aryl methyl sites for hydroxylation is 1. The molecule has 0 saturated carbocycles. The Morgan fingerprint density at radius 1 is 0.957 bits per heavy atom. The van der Waals surface area contributed by atoms with Gasteiger partial charge in [-0.2, -0.15) is 0 Å². The summed E-state index contributed by atoms with van der Waals surface area (Å²) in [6.45, 7) is 2.05. The Morgan fingerprint density at radius 3 is 2.39 bits per heavy atom. The molecule has 3 heteroatoms. The molecule has 23 heavy (non-hydrogen) atoms. The highest BCUT2D eigenvalue weighted by Gasteiger charge is 2.20. The highest BCUT2D eigenvalue weighted by atomic mass is 19.1. The quantitative estimate of drug-likeness (QED) is 0.655. The van der Waals surface area contributed by atoms with Crippen molar-refractivity contribution >= 4 is 11.6 Å². The third kappa shape index (κ3) is 3.19. The van der Waals surface area contributed by atoms with Gasteiger partial charge in [-0.3, -0.25) is 0 Å². The maximum Gasteiger partial charge on any atom is 0.133 e. The minimum atomic E-state index is -0.526. The van der Waals surface area contributed by atoms with E-state index < -0.39 is 11.6 Å². The summed E-state index contributed by atoms with van der Waals surface area (Å²) < 4.78 is 42.6. The van der Waals surface area contributed by atoms with Crippen molar-refractivity contribution in [1.82, 2.24) is 0 Å².